The van der Waals surface area contributed by atoms with Crippen molar-refractivity contribution in [1.82, 2.24) is 20.0 Å². The normalized spacial score (nSPS) is 21.8. The molecule has 2 unspecified atom stereocenters. The number of urea groups is 2. The van der Waals surface area contributed by atoms with Crippen LogP contribution >= 0.6 is 0 Å². The second-order valence-electron chi connectivity index (χ2n) is 11.5. The van der Waals surface area contributed by atoms with E-state index in [0.717, 1.165) is 25.0 Å². The van der Waals surface area contributed by atoms with E-state index in [2.05, 4.69) is 35.5 Å². The van der Waals surface area contributed by atoms with Crippen LogP contribution in [0.5, 0.6) is 0 Å². The van der Waals surface area contributed by atoms with Crippen LogP contribution in [0.15, 0.2) is 35.9 Å². The van der Waals surface area contributed by atoms with E-state index in [9.17, 15) is 27.6 Å². The molecule has 2 fully saturated rings. The van der Waals surface area contributed by atoms with Crippen LogP contribution in [0.2, 0.25) is 0 Å². The Hall–Kier alpha value is -3.28. The van der Waals surface area contributed by atoms with Gasteiger partial charge in [-0.1, -0.05) is 25.5 Å². The highest BCUT2D eigenvalue weighted by Gasteiger charge is 2.51. The minimum atomic E-state index is -4.44. The maximum Gasteiger partial charge on any atom is 0.416 e. The quantitative estimate of drug-likeness (QED) is 0.334. The number of fused-ring (bicyclic) bond motifs is 1. The van der Waals surface area contributed by atoms with Crippen LogP contribution in [0, 0.1) is 17.3 Å². The molecule has 4 amide bonds. The zero-order valence-corrected chi connectivity index (χ0v) is 23.9. The number of hydrogen-bond acceptors (Lipinski definition) is 5. The van der Waals surface area contributed by atoms with Crippen molar-refractivity contribution in [2.45, 2.75) is 39.8 Å². The Labute approximate surface area is 239 Å². The van der Waals surface area contributed by atoms with Crippen LogP contribution in [0.3, 0.4) is 0 Å². The zero-order chi connectivity index (χ0) is 29.8. The summed E-state index contributed by atoms with van der Waals surface area (Å²) in [5, 5.41) is 5.35. The number of ether oxygens (including phenoxy) is 1. The second-order valence-corrected chi connectivity index (χ2v) is 11.5. The summed E-state index contributed by atoms with van der Waals surface area (Å²) in [5.74, 6) is 0.596. The van der Waals surface area contributed by atoms with Crippen LogP contribution in [0.1, 0.15) is 39.2 Å². The molecule has 1 aliphatic heterocycles. The maximum atomic E-state index is 13.4. The van der Waals surface area contributed by atoms with Gasteiger partial charge in [0.2, 0.25) is 0 Å². The van der Waals surface area contributed by atoms with Crippen molar-refractivity contribution in [2.24, 2.45) is 17.3 Å². The molecule has 2 bridgehead atoms. The highest BCUT2D eigenvalue weighted by atomic mass is 19.4. The Morgan fingerprint density at radius 3 is 2.37 bits per heavy atom. The van der Waals surface area contributed by atoms with Crippen LogP contribution in [0.25, 0.3) is 0 Å². The minimum Gasteiger partial charge on any atom is -0.465 e. The summed E-state index contributed by atoms with van der Waals surface area (Å²) in [5.41, 5.74) is 0.972. The molecule has 1 saturated heterocycles. The van der Waals surface area contributed by atoms with E-state index in [0.29, 0.717) is 63.3 Å². The molecule has 41 heavy (non-hydrogen) atoms. The van der Waals surface area contributed by atoms with Crippen LogP contribution in [-0.4, -0.2) is 91.7 Å². The number of carbonyl (C=O) groups is 3. The van der Waals surface area contributed by atoms with E-state index in [1.165, 1.54) is 17.7 Å². The molecule has 1 aromatic rings. The van der Waals surface area contributed by atoms with E-state index >= 15 is 0 Å². The number of amides is 4. The van der Waals surface area contributed by atoms with Gasteiger partial charge in [-0.2, -0.15) is 13.2 Å². The first kappa shape index (κ1) is 30.7. The third-order valence-electron chi connectivity index (χ3n) is 8.74. The van der Waals surface area contributed by atoms with Gasteiger partial charge in [0, 0.05) is 51.5 Å². The van der Waals surface area contributed by atoms with E-state index in [1.807, 2.05) is 0 Å². The lowest BCUT2D eigenvalue weighted by molar-refractivity contribution is -0.142. The largest absolute Gasteiger partial charge is 0.465 e. The number of hydrogen-bond donors (Lipinski definition) is 2. The summed E-state index contributed by atoms with van der Waals surface area (Å²) in [4.78, 5) is 42.8. The van der Waals surface area contributed by atoms with Gasteiger partial charge in [0.1, 0.15) is 6.54 Å². The number of nitrogens with zero attached hydrogens (tertiary/aromatic N) is 3. The van der Waals surface area contributed by atoms with Gasteiger partial charge in [-0.25, -0.2) is 9.59 Å². The van der Waals surface area contributed by atoms with Gasteiger partial charge < -0.3 is 25.2 Å². The van der Waals surface area contributed by atoms with Crippen LogP contribution < -0.4 is 10.6 Å². The van der Waals surface area contributed by atoms with E-state index in [4.69, 9.17) is 4.74 Å². The first-order valence-electron chi connectivity index (χ1n) is 14.2. The molecule has 1 saturated carbocycles. The van der Waals surface area contributed by atoms with Crippen molar-refractivity contribution in [3.05, 3.63) is 41.5 Å². The Morgan fingerprint density at radius 1 is 1.10 bits per heavy atom. The number of alkyl halides is 3. The molecule has 1 heterocycles. The first-order chi connectivity index (χ1) is 19.4. The highest BCUT2D eigenvalue weighted by molar-refractivity contribution is 5.89. The van der Waals surface area contributed by atoms with Crippen LogP contribution in [0.4, 0.5) is 28.4 Å². The van der Waals surface area contributed by atoms with E-state index in [1.54, 1.807) is 16.7 Å². The average molecular weight is 580 g/mol. The number of halogens is 3. The van der Waals surface area contributed by atoms with Gasteiger partial charge >= 0.3 is 24.2 Å². The van der Waals surface area contributed by atoms with E-state index in [-0.39, 0.29) is 30.6 Å². The standard InChI is InChI=1S/C29H40F3N5O4/c1-4-41-25(38)18-33-26(39)36-14-11-35(12-15-36)13-16-37(19-20-5-6-22-17-24(20)28(22,2)3)27(40)34-23-9-7-21(8-10-23)29(30,31)32/h5,7-10,22,24H,4,6,11-19H2,1-3H3,(H,33,39)(H,34,40). The lowest BCUT2D eigenvalue weighted by Crippen LogP contribution is -2.54. The number of piperazine rings is 1. The van der Waals surface area contributed by atoms with Crippen molar-refractivity contribution < 1.29 is 32.3 Å². The van der Waals surface area contributed by atoms with Crippen molar-refractivity contribution in [3.63, 3.8) is 0 Å². The fraction of sp³-hybridized carbons (Fsp3) is 0.621. The molecular formula is C29H40F3N5O4. The number of carbonyl (C=O) groups excluding carboxylic acids is 3. The summed E-state index contributed by atoms with van der Waals surface area (Å²) < 4.78 is 43.7. The number of nitrogens with one attached hydrogen (secondary N) is 2. The van der Waals surface area contributed by atoms with Crippen molar-refractivity contribution in [1.29, 1.82) is 0 Å². The predicted octanol–water partition coefficient (Wildman–Crippen LogP) is 4.42. The minimum absolute atomic E-state index is 0.176. The summed E-state index contributed by atoms with van der Waals surface area (Å²) in [7, 11) is 0. The monoisotopic (exact) mass is 579 g/mol. The molecule has 0 radical (unpaired) electrons. The molecular weight excluding hydrogens is 539 g/mol. The first-order valence-corrected chi connectivity index (χ1v) is 14.2. The third kappa shape index (κ3) is 7.52. The highest BCUT2D eigenvalue weighted by Crippen LogP contribution is 2.59. The molecule has 2 N–H and O–H groups in total. The smallest absolute Gasteiger partial charge is 0.416 e. The molecule has 4 aliphatic rings. The zero-order valence-electron chi connectivity index (χ0n) is 23.9. The number of rotatable bonds is 9. The lowest BCUT2D eigenvalue weighted by atomic mass is 9.49. The molecule has 226 valence electrons. The van der Waals surface area contributed by atoms with Crippen molar-refractivity contribution in [3.8, 4) is 0 Å². The fourth-order valence-corrected chi connectivity index (χ4v) is 5.98. The molecule has 2 atom stereocenters. The summed E-state index contributed by atoms with van der Waals surface area (Å²) >= 11 is 0. The second kappa shape index (κ2) is 12.7. The Morgan fingerprint density at radius 2 is 1.78 bits per heavy atom. The number of anilines is 1. The van der Waals surface area contributed by atoms with E-state index < -0.39 is 17.7 Å². The van der Waals surface area contributed by atoms with Gasteiger partial charge in [-0.3, -0.25) is 9.69 Å². The molecule has 3 aliphatic carbocycles. The Bertz CT molecular complexity index is 1130. The van der Waals surface area contributed by atoms with Gasteiger partial charge in [-0.15, -0.1) is 0 Å². The average Bonchev–Trinajstić information content (AvgIpc) is 2.94. The molecule has 0 aromatic heterocycles. The Balaban J connectivity index is 1.34. The number of allylic oxidation sites excluding steroid dienone is 1. The van der Waals surface area contributed by atoms with Gasteiger partial charge in [0.05, 0.1) is 12.2 Å². The molecule has 0 spiro atoms. The number of esters is 1. The maximum absolute atomic E-state index is 13.4. The predicted molar refractivity (Wildman–Crippen MR) is 148 cm³/mol. The lowest BCUT2D eigenvalue weighted by Gasteiger charge is -2.57. The Kier molecular flexibility index (Phi) is 9.51. The van der Waals surface area contributed by atoms with Crippen molar-refractivity contribution in [2.75, 3.05) is 64.3 Å². The molecule has 5 rings (SSSR count). The van der Waals surface area contributed by atoms with Gasteiger partial charge in [-0.05, 0) is 61.3 Å². The molecule has 1 aromatic carbocycles. The summed E-state index contributed by atoms with van der Waals surface area (Å²) in [6.45, 7) is 9.98. The fourth-order valence-electron chi connectivity index (χ4n) is 5.98. The summed E-state index contributed by atoms with van der Waals surface area (Å²) in [6, 6.07) is 3.78. The number of benzene rings is 1. The molecule has 9 nitrogen and oxygen atoms in total. The van der Waals surface area contributed by atoms with Gasteiger partial charge in [0.25, 0.3) is 0 Å². The van der Waals surface area contributed by atoms with Crippen molar-refractivity contribution >= 4 is 23.7 Å². The third-order valence-corrected chi connectivity index (χ3v) is 8.74. The summed E-state index contributed by atoms with van der Waals surface area (Å²) in [6.07, 6.45) is -0.0853. The molecule has 12 heteroatoms. The topological polar surface area (TPSA) is 94.2 Å². The van der Waals surface area contributed by atoms with Crippen LogP contribution in [-0.2, 0) is 15.7 Å². The SMILES string of the molecule is CCOC(=O)CNC(=O)N1CCN(CCN(CC2=CCC3CC2C3(C)C)C(=O)Nc2ccc(C(F)(F)F)cc2)CC1. The van der Waals surface area contributed by atoms with Gasteiger partial charge in [0.15, 0.2) is 0 Å².